The third-order valence-electron chi connectivity index (χ3n) is 2.36. The number of aromatic nitrogens is 1. The van der Waals surface area contributed by atoms with E-state index < -0.39 is 0 Å². The number of methoxy groups -OCH3 is 1. The average Bonchev–Trinajstić information content (AvgIpc) is 2.62. The van der Waals surface area contributed by atoms with Gasteiger partial charge in [-0.25, -0.2) is 4.79 Å². The van der Waals surface area contributed by atoms with Gasteiger partial charge in [-0.2, -0.15) is 0 Å². The van der Waals surface area contributed by atoms with Gasteiger partial charge in [0.1, 0.15) is 5.69 Å². The molecule has 0 atom stereocenters. The summed E-state index contributed by atoms with van der Waals surface area (Å²) in [5, 5.41) is 3.21. The number of anilines is 1. The maximum atomic E-state index is 11.4. The fraction of sp³-hybridized carbons (Fsp3) is 0.444. The predicted molar refractivity (Wildman–Crippen MR) is 48.9 cm³/mol. The van der Waals surface area contributed by atoms with E-state index in [2.05, 4.69) is 5.32 Å². The van der Waals surface area contributed by atoms with E-state index in [9.17, 15) is 4.79 Å². The second-order valence-corrected chi connectivity index (χ2v) is 3.15. The van der Waals surface area contributed by atoms with Crippen LogP contribution in [0, 0.1) is 0 Å². The van der Waals surface area contributed by atoms with Crippen LogP contribution in [0.5, 0.6) is 0 Å². The zero-order valence-electron chi connectivity index (χ0n) is 7.76. The third kappa shape index (κ3) is 1.09. The summed E-state index contributed by atoms with van der Waals surface area (Å²) in [5.41, 5.74) is 2.81. The Hall–Kier alpha value is -1.45. The lowest BCUT2D eigenvalue weighted by Crippen LogP contribution is -2.10. The number of ether oxygens (including phenoxy) is 1. The van der Waals surface area contributed by atoms with Crippen molar-refractivity contribution in [2.75, 3.05) is 19.0 Å². The van der Waals surface area contributed by atoms with Crippen LogP contribution in [0.25, 0.3) is 0 Å². The molecule has 2 rings (SSSR count). The van der Waals surface area contributed by atoms with Gasteiger partial charge in [0.2, 0.25) is 0 Å². The first kappa shape index (κ1) is 8.16. The largest absolute Gasteiger partial charge is 0.464 e. The fourth-order valence-electron chi connectivity index (χ4n) is 1.77. The minimum Gasteiger partial charge on any atom is -0.464 e. The lowest BCUT2D eigenvalue weighted by Gasteiger charge is -2.02. The van der Waals surface area contributed by atoms with Crippen molar-refractivity contribution < 1.29 is 9.53 Å². The zero-order chi connectivity index (χ0) is 9.42. The van der Waals surface area contributed by atoms with Gasteiger partial charge < -0.3 is 14.6 Å². The van der Waals surface area contributed by atoms with Crippen LogP contribution in [0.4, 0.5) is 5.69 Å². The minimum absolute atomic E-state index is 0.257. The number of aryl methyl sites for hydroxylation is 1. The Kier molecular flexibility index (Phi) is 1.76. The highest BCUT2D eigenvalue weighted by molar-refractivity contribution is 5.92. The van der Waals surface area contributed by atoms with E-state index in [0.717, 1.165) is 24.2 Å². The molecule has 0 radical (unpaired) electrons. The first-order valence-corrected chi connectivity index (χ1v) is 4.24. The Balaban J connectivity index is 2.50. The Morgan fingerprint density at radius 3 is 3.15 bits per heavy atom. The molecular weight excluding hydrogens is 168 g/mol. The summed E-state index contributed by atoms with van der Waals surface area (Å²) < 4.78 is 6.52. The van der Waals surface area contributed by atoms with Crippen LogP contribution in [0.15, 0.2) is 6.20 Å². The normalized spacial score (nSPS) is 13.7. The van der Waals surface area contributed by atoms with E-state index in [1.54, 1.807) is 0 Å². The Bertz CT molecular complexity index is 355. The molecule has 0 saturated carbocycles. The number of fused-ring (bicyclic) bond motifs is 1. The Morgan fingerprint density at radius 1 is 1.69 bits per heavy atom. The van der Waals surface area contributed by atoms with Crippen molar-refractivity contribution in [2.45, 2.75) is 6.42 Å². The molecule has 0 aliphatic carbocycles. The standard InChI is InChI=1S/C9H12N2O2/c1-11-5-7-6(3-4-10-7)8(11)9(12)13-2/h5,10H,3-4H2,1-2H3. The van der Waals surface area contributed by atoms with Crippen LogP contribution >= 0.6 is 0 Å². The fourth-order valence-corrected chi connectivity index (χ4v) is 1.77. The van der Waals surface area contributed by atoms with Gasteiger partial charge in [-0.1, -0.05) is 0 Å². The molecular formula is C9H12N2O2. The molecule has 2 heterocycles. The van der Waals surface area contributed by atoms with Gasteiger partial charge in [0.05, 0.1) is 12.8 Å². The molecule has 1 N–H and O–H groups in total. The number of nitrogens with one attached hydrogen (secondary N) is 1. The molecule has 0 fully saturated rings. The summed E-state index contributed by atoms with van der Waals surface area (Å²) >= 11 is 0. The molecule has 1 aromatic heterocycles. The topological polar surface area (TPSA) is 43.3 Å². The van der Waals surface area contributed by atoms with Gasteiger partial charge in [0.25, 0.3) is 0 Å². The van der Waals surface area contributed by atoms with E-state index in [0.29, 0.717) is 5.69 Å². The highest BCUT2D eigenvalue weighted by atomic mass is 16.5. The highest BCUT2D eigenvalue weighted by Gasteiger charge is 2.23. The van der Waals surface area contributed by atoms with Crippen LogP contribution in [-0.4, -0.2) is 24.2 Å². The highest BCUT2D eigenvalue weighted by Crippen LogP contribution is 2.27. The SMILES string of the molecule is COC(=O)c1c2c(cn1C)NCC2. The molecule has 1 aromatic rings. The quantitative estimate of drug-likeness (QED) is 0.649. The van der Waals surface area contributed by atoms with E-state index in [1.165, 1.54) is 7.11 Å². The summed E-state index contributed by atoms with van der Waals surface area (Å²) in [7, 11) is 3.26. The molecule has 0 spiro atoms. The summed E-state index contributed by atoms with van der Waals surface area (Å²) in [4.78, 5) is 11.4. The number of carbonyl (C=O) groups excluding carboxylic acids is 1. The Morgan fingerprint density at radius 2 is 2.46 bits per heavy atom. The van der Waals surface area contributed by atoms with Gasteiger partial charge >= 0.3 is 5.97 Å². The molecule has 4 heteroatoms. The number of carbonyl (C=O) groups is 1. The summed E-state index contributed by atoms with van der Waals surface area (Å²) in [6.07, 6.45) is 2.83. The molecule has 0 unspecified atom stereocenters. The number of esters is 1. The van der Waals surface area contributed by atoms with Crippen LogP contribution in [-0.2, 0) is 18.2 Å². The molecule has 0 bridgehead atoms. The first-order chi connectivity index (χ1) is 6.24. The van der Waals surface area contributed by atoms with Crippen LogP contribution in [0.1, 0.15) is 16.1 Å². The number of nitrogens with zero attached hydrogens (tertiary/aromatic N) is 1. The monoisotopic (exact) mass is 180 g/mol. The summed E-state index contributed by atoms with van der Waals surface area (Å²) in [6.45, 7) is 0.912. The molecule has 0 saturated heterocycles. The van der Waals surface area contributed by atoms with Gasteiger partial charge in [0.15, 0.2) is 0 Å². The predicted octanol–water partition coefficient (Wildman–Crippen LogP) is 0.780. The smallest absolute Gasteiger partial charge is 0.355 e. The van der Waals surface area contributed by atoms with Gasteiger partial charge in [-0.15, -0.1) is 0 Å². The minimum atomic E-state index is -0.257. The average molecular weight is 180 g/mol. The molecule has 0 amide bonds. The maximum Gasteiger partial charge on any atom is 0.355 e. The van der Waals surface area contributed by atoms with Gasteiger partial charge in [-0.05, 0) is 6.42 Å². The van der Waals surface area contributed by atoms with Crippen molar-refractivity contribution in [2.24, 2.45) is 7.05 Å². The van der Waals surface area contributed by atoms with Crippen molar-refractivity contribution in [1.29, 1.82) is 0 Å². The van der Waals surface area contributed by atoms with Gasteiger partial charge in [-0.3, -0.25) is 0 Å². The molecule has 70 valence electrons. The van der Waals surface area contributed by atoms with Crippen molar-refractivity contribution in [1.82, 2.24) is 4.57 Å². The maximum absolute atomic E-state index is 11.4. The molecule has 1 aliphatic rings. The molecule has 13 heavy (non-hydrogen) atoms. The van der Waals surface area contributed by atoms with E-state index in [1.807, 2.05) is 17.8 Å². The van der Waals surface area contributed by atoms with Crippen molar-refractivity contribution in [3.63, 3.8) is 0 Å². The molecule has 4 nitrogen and oxygen atoms in total. The van der Waals surface area contributed by atoms with Crippen LogP contribution < -0.4 is 5.32 Å². The van der Waals surface area contributed by atoms with Crippen molar-refractivity contribution in [3.05, 3.63) is 17.5 Å². The third-order valence-corrected chi connectivity index (χ3v) is 2.36. The lowest BCUT2D eigenvalue weighted by atomic mass is 10.2. The number of hydrogen-bond acceptors (Lipinski definition) is 3. The van der Waals surface area contributed by atoms with Gasteiger partial charge in [0, 0.05) is 25.4 Å². The number of hydrogen-bond donors (Lipinski definition) is 1. The first-order valence-electron chi connectivity index (χ1n) is 4.24. The summed E-state index contributed by atoms with van der Waals surface area (Å²) in [6, 6.07) is 0. The lowest BCUT2D eigenvalue weighted by molar-refractivity contribution is 0.0589. The summed E-state index contributed by atoms with van der Waals surface area (Å²) in [5.74, 6) is -0.257. The van der Waals surface area contributed by atoms with Crippen molar-refractivity contribution >= 4 is 11.7 Å². The zero-order valence-corrected chi connectivity index (χ0v) is 7.76. The van der Waals surface area contributed by atoms with Crippen molar-refractivity contribution in [3.8, 4) is 0 Å². The second-order valence-electron chi connectivity index (χ2n) is 3.15. The van der Waals surface area contributed by atoms with E-state index in [4.69, 9.17) is 4.74 Å². The second kappa shape index (κ2) is 2.80. The number of rotatable bonds is 1. The van der Waals surface area contributed by atoms with E-state index in [-0.39, 0.29) is 5.97 Å². The van der Waals surface area contributed by atoms with Crippen LogP contribution in [0.2, 0.25) is 0 Å². The van der Waals surface area contributed by atoms with E-state index >= 15 is 0 Å². The molecule has 1 aliphatic heterocycles. The Labute approximate surface area is 76.5 Å². The molecule has 0 aromatic carbocycles. The van der Waals surface area contributed by atoms with Crippen LogP contribution in [0.3, 0.4) is 0 Å².